The second-order valence-electron chi connectivity index (χ2n) is 15.8. The van der Waals surface area contributed by atoms with Gasteiger partial charge in [-0.05, 0) is 107 Å². The minimum atomic E-state index is 0.0570. The van der Waals surface area contributed by atoms with Crippen molar-refractivity contribution in [2.75, 3.05) is 4.90 Å². The smallest absolute Gasteiger partial charge is 0.0626 e. The van der Waals surface area contributed by atoms with Crippen molar-refractivity contribution < 1.29 is 0 Å². The van der Waals surface area contributed by atoms with Gasteiger partial charge in [0.05, 0.1) is 17.1 Å². The maximum absolute atomic E-state index is 2.54. The molecule has 0 saturated heterocycles. The van der Waals surface area contributed by atoms with Crippen LogP contribution in [-0.2, 0) is 5.41 Å². The van der Waals surface area contributed by atoms with Crippen LogP contribution in [0.25, 0.3) is 69.2 Å². The molecule has 1 atom stereocenters. The van der Waals surface area contributed by atoms with Gasteiger partial charge < -0.3 is 9.47 Å². The van der Waals surface area contributed by atoms with Crippen LogP contribution >= 0.6 is 11.3 Å². The molecule has 8 aromatic carbocycles. The van der Waals surface area contributed by atoms with Gasteiger partial charge in [0, 0.05) is 53.4 Å². The first-order valence-electron chi connectivity index (χ1n) is 20.0. The topological polar surface area (TPSA) is 8.17 Å². The second-order valence-corrected chi connectivity index (χ2v) is 16.9. The van der Waals surface area contributed by atoms with Crippen molar-refractivity contribution in [2.24, 2.45) is 0 Å². The highest BCUT2D eigenvalue weighted by molar-refractivity contribution is 7.26. The molecule has 0 aliphatic rings. The Morgan fingerprint density at radius 2 is 1.16 bits per heavy atom. The van der Waals surface area contributed by atoms with Crippen LogP contribution in [0.5, 0.6) is 0 Å². The van der Waals surface area contributed by atoms with Crippen LogP contribution in [0.1, 0.15) is 64.3 Å². The van der Waals surface area contributed by atoms with Gasteiger partial charge in [0.2, 0.25) is 0 Å². The van der Waals surface area contributed by atoms with Crippen LogP contribution in [0.15, 0.2) is 158 Å². The van der Waals surface area contributed by atoms with E-state index in [9.17, 15) is 0 Å². The summed E-state index contributed by atoms with van der Waals surface area (Å²) in [6.45, 7) is 15.5. The summed E-state index contributed by atoms with van der Waals surface area (Å²) in [6, 6.07) is 58.8. The lowest BCUT2D eigenvalue weighted by Gasteiger charge is -2.33. The molecule has 2 aromatic heterocycles. The van der Waals surface area contributed by atoms with Crippen molar-refractivity contribution in [2.45, 2.75) is 59.9 Å². The number of para-hydroxylation sites is 2. The largest absolute Gasteiger partial charge is 0.334 e. The third-order valence-electron chi connectivity index (χ3n) is 11.5. The SMILES string of the molecule is CC.Cc1ccccc1N(c1ccccc1)C(C)c1ccc(-n2c3ccc4sc5ccc(C(C)(C)C)cc5c4c3c3c4ccccc4c4ccccc4c32)cc1. The average molecular weight is 745 g/mol. The molecule has 0 fully saturated rings. The Kier molecular flexibility index (Phi) is 8.94. The van der Waals surface area contributed by atoms with Crippen molar-refractivity contribution in [3.05, 3.63) is 174 Å². The number of fused-ring (bicyclic) bond motifs is 12. The van der Waals surface area contributed by atoms with Gasteiger partial charge in [-0.25, -0.2) is 0 Å². The molecular weight excluding hydrogens is 697 g/mol. The van der Waals surface area contributed by atoms with E-state index in [1.165, 1.54) is 97.3 Å². The predicted octanol–water partition coefficient (Wildman–Crippen LogP) is 16.0. The molecule has 0 radical (unpaired) electrons. The molecule has 10 aromatic rings. The van der Waals surface area contributed by atoms with E-state index < -0.39 is 0 Å². The molecule has 3 heteroatoms. The minimum absolute atomic E-state index is 0.0570. The van der Waals surface area contributed by atoms with Crippen LogP contribution in [0.3, 0.4) is 0 Å². The van der Waals surface area contributed by atoms with Crippen molar-refractivity contribution in [1.82, 2.24) is 4.57 Å². The van der Waals surface area contributed by atoms with Crippen molar-refractivity contribution in [1.29, 1.82) is 0 Å². The Balaban J connectivity index is 0.00000202. The minimum Gasteiger partial charge on any atom is -0.334 e. The fourth-order valence-corrected chi connectivity index (χ4v) is 9.90. The van der Waals surface area contributed by atoms with Gasteiger partial charge in [-0.3, -0.25) is 0 Å². The summed E-state index contributed by atoms with van der Waals surface area (Å²) >= 11 is 1.91. The highest BCUT2D eigenvalue weighted by Gasteiger charge is 2.25. The molecule has 56 heavy (non-hydrogen) atoms. The van der Waals surface area contributed by atoms with Crippen molar-refractivity contribution in [3.8, 4) is 5.69 Å². The highest BCUT2D eigenvalue weighted by atomic mass is 32.1. The van der Waals surface area contributed by atoms with Crippen molar-refractivity contribution >= 4 is 86.2 Å². The van der Waals surface area contributed by atoms with E-state index in [-0.39, 0.29) is 11.5 Å². The lowest BCUT2D eigenvalue weighted by Crippen LogP contribution is -2.22. The molecule has 0 N–H and O–H groups in total. The Bertz CT molecular complexity index is 3050. The average Bonchev–Trinajstić information content (AvgIpc) is 3.78. The standard InChI is InChI=1S/C51H42N2S.C2H6/c1-32-15-9-14-22-43(32)52(36-16-7-6-8-17-36)33(2)34-23-26-37(27-24-34)53-44-28-30-46-47(42-31-35(51(3,4)5)25-29-45(42)54-46)49(44)48-40-20-12-10-18-38(40)39-19-11-13-21-41(39)50(48)53;1-2/h6-31,33H,1-5H3;1-2H3. The molecule has 0 amide bonds. The maximum atomic E-state index is 2.54. The fourth-order valence-electron chi connectivity index (χ4n) is 8.81. The van der Waals surface area contributed by atoms with Crippen LogP contribution in [0.4, 0.5) is 11.4 Å². The zero-order chi connectivity index (χ0) is 38.7. The molecule has 0 aliphatic carbocycles. The summed E-state index contributed by atoms with van der Waals surface area (Å²) in [5.74, 6) is 0. The number of hydrogen-bond acceptors (Lipinski definition) is 2. The Labute approximate surface area is 334 Å². The summed E-state index contributed by atoms with van der Waals surface area (Å²) in [5.41, 5.74) is 10.0. The Hall–Kier alpha value is -5.90. The third-order valence-corrected chi connectivity index (χ3v) is 12.7. The monoisotopic (exact) mass is 744 g/mol. The van der Waals surface area contributed by atoms with Crippen LogP contribution in [-0.4, -0.2) is 4.57 Å². The number of hydrogen-bond donors (Lipinski definition) is 0. The summed E-state index contributed by atoms with van der Waals surface area (Å²) in [6.07, 6.45) is 0. The number of rotatable bonds is 5. The number of thiophene rings is 1. The van der Waals surface area contributed by atoms with Gasteiger partial charge in [0.15, 0.2) is 0 Å². The number of nitrogens with zero attached hydrogens (tertiary/aromatic N) is 2. The van der Waals surface area contributed by atoms with Crippen LogP contribution in [0, 0.1) is 6.92 Å². The fraction of sp³-hybridized carbons (Fsp3) is 0.170. The summed E-state index contributed by atoms with van der Waals surface area (Å²) in [5, 5.41) is 10.6. The van der Waals surface area contributed by atoms with E-state index in [4.69, 9.17) is 0 Å². The molecular formula is C53H48N2S. The Morgan fingerprint density at radius 1 is 0.554 bits per heavy atom. The summed E-state index contributed by atoms with van der Waals surface area (Å²) < 4.78 is 5.22. The number of aryl methyl sites for hydroxylation is 1. The van der Waals surface area contributed by atoms with Crippen LogP contribution < -0.4 is 4.90 Å². The van der Waals surface area contributed by atoms with Gasteiger partial charge in [0.25, 0.3) is 0 Å². The number of anilines is 2. The Morgan fingerprint density at radius 3 is 1.86 bits per heavy atom. The zero-order valence-corrected chi connectivity index (χ0v) is 34.2. The first kappa shape index (κ1) is 35.8. The molecule has 0 aliphatic heterocycles. The lowest BCUT2D eigenvalue weighted by molar-refractivity contribution is 0.591. The summed E-state index contributed by atoms with van der Waals surface area (Å²) in [7, 11) is 0. The van der Waals surface area contributed by atoms with E-state index in [1.807, 2.05) is 25.2 Å². The van der Waals surface area contributed by atoms with Gasteiger partial charge in [-0.1, -0.05) is 138 Å². The molecule has 0 saturated carbocycles. The molecule has 0 spiro atoms. The van der Waals surface area contributed by atoms with E-state index in [1.54, 1.807) is 0 Å². The molecule has 2 nitrogen and oxygen atoms in total. The number of benzene rings is 8. The molecule has 0 bridgehead atoms. The van der Waals surface area contributed by atoms with Gasteiger partial charge in [-0.15, -0.1) is 11.3 Å². The predicted molar refractivity (Wildman–Crippen MR) is 247 cm³/mol. The van der Waals surface area contributed by atoms with E-state index >= 15 is 0 Å². The maximum Gasteiger partial charge on any atom is 0.0626 e. The van der Waals surface area contributed by atoms with E-state index in [0.29, 0.717) is 0 Å². The van der Waals surface area contributed by atoms with Gasteiger partial charge in [0.1, 0.15) is 0 Å². The lowest BCUT2D eigenvalue weighted by atomic mass is 9.86. The van der Waals surface area contributed by atoms with E-state index in [0.717, 1.165) is 0 Å². The highest BCUT2D eigenvalue weighted by Crippen LogP contribution is 2.48. The quantitative estimate of drug-likeness (QED) is 0.159. The second kappa shape index (κ2) is 14.0. The van der Waals surface area contributed by atoms with E-state index in [2.05, 4.69) is 202 Å². The van der Waals surface area contributed by atoms with Crippen molar-refractivity contribution in [3.63, 3.8) is 0 Å². The summed E-state index contributed by atoms with van der Waals surface area (Å²) in [4.78, 5) is 2.47. The molecule has 10 rings (SSSR count). The number of aromatic nitrogens is 1. The molecule has 1 unspecified atom stereocenters. The van der Waals surface area contributed by atoms with Gasteiger partial charge >= 0.3 is 0 Å². The third kappa shape index (κ3) is 5.68. The van der Waals surface area contributed by atoms with Gasteiger partial charge in [-0.2, -0.15) is 0 Å². The normalized spacial score (nSPS) is 12.5. The first-order chi connectivity index (χ1) is 27.3. The first-order valence-corrected chi connectivity index (χ1v) is 20.8. The molecule has 276 valence electrons. The van der Waals surface area contributed by atoms with Crippen LogP contribution in [0.2, 0.25) is 0 Å². The molecule has 2 heterocycles. The zero-order valence-electron chi connectivity index (χ0n) is 33.4.